The number of nitrogens with two attached hydrogens (primary N) is 1. The summed E-state index contributed by atoms with van der Waals surface area (Å²) in [7, 11) is 0. The summed E-state index contributed by atoms with van der Waals surface area (Å²) in [5, 5.41) is 15.6. The largest absolute Gasteiger partial charge is 0.384 e. The van der Waals surface area contributed by atoms with Crippen molar-refractivity contribution in [3.8, 4) is 12.3 Å². The molecule has 0 saturated carbocycles. The van der Waals surface area contributed by atoms with Crippen LogP contribution in [0.4, 0.5) is 0 Å². The molecule has 19 heavy (non-hydrogen) atoms. The van der Waals surface area contributed by atoms with E-state index in [1.54, 1.807) is 0 Å². The Morgan fingerprint density at radius 1 is 1.42 bits per heavy atom. The molecule has 0 amide bonds. The van der Waals surface area contributed by atoms with Gasteiger partial charge in [0, 0.05) is 18.0 Å². The number of terminal acetylenes is 1. The average molecular weight is 261 g/mol. The van der Waals surface area contributed by atoms with E-state index in [9.17, 15) is 0 Å². The van der Waals surface area contributed by atoms with Gasteiger partial charge in [0.25, 0.3) is 0 Å². The second-order valence-electron chi connectivity index (χ2n) is 4.14. The minimum Gasteiger partial charge on any atom is -0.384 e. The first-order valence-electron chi connectivity index (χ1n) is 6.38. The standard InChI is InChI=1S/C8H15NO.C7H8N2/c1-3-5-7-8(9-10)6-4-2;8-7(9)6-4-2-1-3-5-6/h1,8-10H,4-7H2,2H3;1-5H,(H3,8,9). The summed E-state index contributed by atoms with van der Waals surface area (Å²) in [6.07, 6.45) is 8.72. The van der Waals surface area contributed by atoms with E-state index in [1.165, 1.54) is 0 Å². The zero-order valence-electron chi connectivity index (χ0n) is 11.4. The number of hydrogen-bond donors (Lipinski definition) is 4. The predicted octanol–water partition coefficient (Wildman–Crippen LogP) is 2.52. The number of benzene rings is 1. The fourth-order valence-electron chi connectivity index (χ4n) is 1.50. The second-order valence-corrected chi connectivity index (χ2v) is 4.14. The predicted molar refractivity (Wildman–Crippen MR) is 79.1 cm³/mol. The van der Waals surface area contributed by atoms with Gasteiger partial charge in [-0.2, -0.15) is 0 Å². The summed E-state index contributed by atoms with van der Waals surface area (Å²) < 4.78 is 0. The molecule has 4 heteroatoms. The lowest BCUT2D eigenvalue weighted by Gasteiger charge is -2.10. The summed E-state index contributed by atoms with van der Waals surface area (Å²) in [5.41, 5.74) is 8.21. The van der Waals surface area contributed by atoms with Gasteiger partial charge in [-0.05, 0) is 12.8 Å². The van der Waals surface area contributed by atoms with Crippen LogP contribution in [0.15, 0.2) is 30.3 Å². The Balaban J connectivity index is 0.000000342. The Bertz CT molecular complexity index is 384. The van der Waals surface area contributed by atoms with E-state index in [1.807, 2.05) is 30.3 Å². The molecule has 1 aromatic carbocycles. The lowest BCUT2D eigenvalue weighted by atomic mass is 10.1. The highest BCUT2D eigenvalue weighted by atomic mass is 16.5. The molecule has 0 aliphatic heterocycles. The molecule has 0 fully saturated rings. The van der Waals surface area contributed by atoms with Crippen molar-refractivity contribution in [2.45, 2.75) is 38.6 Å². The monoisotopic (exact) mass is 261 g/mol. The second kappa shape index (κ2) is 11.3. The number of rotatable bonds is 6. The molecular formula is C15H23N3O. The van der Waals surface area contributed by atoms with Gasteiger partial charge in [0.1, 0.15) is 5.84 Å². The maximum absolute atomic E-state index is 8.57. The molecule has 4 nitrogen and oxygen atoms in total. The van der Waals surface area contributed by atoms with E-state index < -0.39 is 0 Å². The van der Waals surface area contributed by atoms with Crippen LogP contribution in [0, 0.1) is 17.8 Å². The number of amidine groups is 1. The van der Waals surface area contributed by atoms with Gasteiger partial charge in [-0.3, -0.25) is 5.41 Å². The van der Waals surface area contributed by atoms with Gasteiger partial charge < -0.3 is 10.9 Å². The Morgan fingerprint density at radius 3 is 2.42 bits per heavy atom. The fraction of sp³-hybridized carbons (Fsp3) is 0.400. The van der Waals surface area contributed by atoms with Crippen molar-refractivity contribution >= 4 is 5.84 Å². The molecule has 104 valence electrons. The van der Waals surface area contributed by atoms with Crippen LogP contribution in [0.1, 0.15) is 38.2 Å². The fourth-order valence-corrected chi connectivity index (χ4v) is 1.50. The highest BCUT2D eigenvalue weighted by Crippen LogP contribution is 2.02. The number of hydrogen-bond acceptors (Lipinski definition) is 3. The Morgan fingerprint density at radius 2 is 2.05 bits per heavy atom. The zero-order chi connectivity index (χ0) is 14.5. The number of hydroxylamine groups is 1. The van der Waals surface area contributed by atoms with Crippen LogP contribution in [0.3, 0.4) is 0 Å². The van der Waals surface area contributed by atoms with Crippen LogP contribution in [0.25, 0.3) is 0 Å². The Kier molecular flexibility index (Phi) is 10.2. The molecule has 1 aromatic rings. The molecule has 0 bridgehead atoms. The summed E-state index contributed by atoms with van der Waals surface area (Å²) in [4.78, 5) is 0. The molecule has 0 aliphatic carbocycles. The molecule has 0 radical (unpaired) electrons. The maximum Gasteiger partial charge on any atom is 0.122 e. The number of nitrogens with one attached hydrogen (secondary N) is 2. The van der Waals surface area contributed by atoms with Crippen molar-refractivity contribution in [3.63, 3.8) is 0 Å². The first-order valence-corrected chi connectivity index (χ1v) is 6.38. The molecule has 0 saturated heterocycles. The van der Waals surface area contributed by atoms with Gasteiger partial charge in [-0.25, -0.2) is 5.48 Å². The molecule has 1 unspecified atom stereocenters. The van der Waals surface area contributed by atoms with Crippen LogP contribution >= 0.6 is 0 Å². The normalized spacial score (nSPS) is 10.8. The average Bonchev–Trinajstić information content (AvgIpc) is 2.45. The minimum absolute atomic E-state index is 0.121. The number of nitrogen functional groups attached to an aromatic ring is 1. The van der Waals surface area contributed by atoms with Gasteiger partial charge in [0.05, 0.1) is 0 Å². The maximum atomic E-state index is 8.57. The smallest absolute Gasteiger partial charge is 0.122 e. The van der Waals surface area contributed by atoms with Crippen molar-refractivity contribution < 1.29 is 5.21 Å². The van der Waals surface area contributed by atoms with Crippen LogP contribution in [-0.4, -0.2) is 17.1 Å². The van der Waals surface area contributed by atoms with Crippen LogP contribution in [0.5, 0.6) is 0 Å². The quantitative estimate of drug-likeness (QED) is 0.275. The van der Waals surface area contributed by atoms with Crippen molar-refractivity contribution in [2.75, 3.05) is 0 Å². The van der Waals surface area contributed by atoms with Gasteiger partial charge in [-0.15, -0.1) is 12.3 Å². The lowest BCUT2D eigenvalue weighted by molar-refractivity contribution is 0.117. The molecular weight excluding hydrogens is 238 g/mol. The SMILES string of the molecule is C#CCCC(CCC)NO.N=C(N)c1ccccc1. The van der Waals surface area contributed by atoms with Crippen LogP contribution < -0.4 is 11.2 Å². The highest BCUT2D eigenvalue weighted by molar-refractivity contribution is 5.94. The van der Waals surface area contributed by atoms with Gasteiger partial charge in [0.2, 0.25) is 0 Å². The molecule has 0 aromatic heterocycles. The minimum atomic E-state index is 0.121. The summed E-state index contributed by atoms with van der Waals surface area (Å²) in [5.74, 6) is 2.66. The molecule has 5 N–H and O–H groups in total. The summed E-state index contributed by atoms with van der Waals surface area (Å²) >= 11 is 0. The summed E-state index contributed by atoms with van der Waals surface area (Å²) in [6.45, 7) is 2.08. The van der Waals surface area contributed by atoms with E-state index in [2.05, 4.69) is 18.3 Å². The third-order valence-corrected chi connectivity index (χ3v) is 2.54. The molecule has 0 aliphatic rings. The van der Waals surface area contributed by atoms with E-state index in [4.69, 9.17) is 22.8 Å². The molecule has 0 spiro atoms. The lowest BCUT2D eigenvalue weighted by Crippen LogP contribution is -2.25. The van der Waals surface area contributed by atoms with Gasteiger partial charge in [-0.1, -0.05) is 43.7 Å². The third kappa shape index (κ3) is 8.83. The zero-order valence-corrected chi connectivity index (χ0v) is 11.4. The topological polar surface area (TPSA) is 82.1 Å². The summed E-state index contributed by atoms with van der Waals surface area (Å²) in [6, 6.07) is 9.41. The molecule has 1 atom stereocenters. The van der Waals surface area contributed by atoms with Crippen molar-refractivity contribution in [1.82, 2.24) is 5.48 Å². The molecule has 0 heterocycles. The first kappa shape index (κ1) is 17.2. The van der Waals surface area contributed by atoms with Crippen LogP contribution in [0.2, 0.25) is 0 Å². The Hall–Kier alpha value is -1.83. The van der Waals surface area contributed by atoms with Crippen molar-refractivity contribution in [2.24, 2.45) is 5.73 Å². The van der Waals surface area contributed by atoms with Gasteiger partial charge in [0.15, 0.2) is 0 Å². The van der Waals surface area contributed by atoms with E-state index in [0.29, 0.717) is 0 Å². The third-order valence-electron chi connectivity index (χ3n) is 2.54. The highest BCUT2D eigenvalue weighted by Gasteiger charge is 2.02. The molecule has 1 rings (SSSR count). The van der Waals surface area contributed by atoms with E-state index in [0.717, 1.165) is 31.2 Å². The van der Waals surface area contributed by atoms with E-state index in [-0.39, 0.29) is 11.9 Å². The van der Waals surface area contributed by atoms with Crippen molar-refractivity contribution in [3.05, 3.63) is 35.9 Å². The van der Waals surface area contributed by atoms with E-state index >= 15 is 0 Å². The van der Waals surface area contributed by atoms with Crippen molar-refractivity contribution in [1.29, 1.82) is 5.41 Å². The van der Waals surface area contributed by atoms with Gasteiger partial charge >= 0.3 is 0 Å². The first-order chi connectivity index (χ1) is 9.15. The Labute approximate surface area is 115 Å². The van der Waals surface area contributed by atoms with Crippen LogP contribution in [-0.2, 0) is 0 Å².